The highest BCUT2D eigenvalue weighted by Gasteiger charge is 2.11. The largest absolute Gasteiger partial charge is 0.374 e. The lowest BCUT2D eigenvalue weighted by atomic mass is 10.1. The maximum atomic E-state index is 12.2. The van der Waals surface area contributed by atoms with Crippen molar-refractivity contribution in [2.75, 3.05) is 5.32 Å². The number of anilines is 1. The van der Waals surface area contributed by atoms with E-state index in [1.165, 1.54) is 11.6 Å². The fourth-order valence-corrected chi connectivity index (χ4v) is 2.49. The summed E-state index contributed by atoms with van der Waals surface area (Å²) in [7, 11) is 0. The summed E-state index contributed by atoms with van der Waals surface area (Å²) < 4.78 is 0. The summed E-state index contributed by atoms with van der Waals surface area (Å²) in [5, 5.41) is 9.45. The van der Waals surface area contributed by atoms with Gasteiger partial charge in [0.15, 0.2) is 0 Å². The maximum Gasteiger partial charge on any atom is 0.262 e. The van der Waals surface area contributed by atoms with E-state index < -0.39 is 6.04 Å². The van der Waals surface area contributed by atoms with Crippen molar-refractivity contribution in [1.82, 2.24) is 10.4 Å². The molecule has 5 heteroatoms. The Morgan fingerprint density at radius 1 is 1.08 bits per heavy atom. The van der Waals surface area contributed by atoms with E-state index in [-0.39, 0.29) is 5.91 Å². The van der Waals surface area contributed by atoms with E-state index in [1.54, 1.807) is 6.92 Å². The average molecular weight is 332 g/mol. The predicted octanol–water partition coefficient (Wildman–Crippen LogP) is 3.49. The van der Waals surface area contributed by atoms with E-state index in [1.807, 2.05) is 61.5 Å². The van der Waals surface area contributed by atoms with Crippen molar-refractivity contribution >= 4 is 28.6 Å². The first-order chi connectivity index (χ1) is 12.1. The molecule has 0 aliphatic rings. The van der Waals surface area contributed by atoms with Crippen LogP contribution in [-0.4, -0.2) is 23.1 Å². The minimum absolute atomic E-state index is 0.211. The Kier molecular flexibility index (Phi) is 5.04. The average Bonchev–Trinajstić information content (AvgIpc) is 2.61. The smallest absolute Gasteiger partial charge is 0.262 e. The van der Waals surface area contributed by atoms with Gasteiger partial charge in [-0.25, -0.2) is 5.43 Å². The van der Waals surface area contributed by atoms with Gasteiger partial charge < -0.3 is 5.32 Å². The molecule has 0 aliphatic heterocycles. The van der Waals surface area contributed by atoms with Crippen LogP contribution in [0.15, 0.2) is 65.8 Å². The van der Waals surface area contributed by atoms with Crippen LogP contribution in [0.5, 0.6) is 0 Å². The van der Waals surface area contributed by atoms with Crippen LogP contribution in [-0.2, 0) is 4.79 Å². The number of carbonyl (C=O) groups excluding carboxylic acids is 1. The molecule has 0 aliphatic carbocycles. The van der Waals surface area contributed by atoms with Crippen LogP contribution in [0.3, 0.4) is 0 Å². The molecule has 2 aromatic carbocycles. The molecule has 25 heavy (non-hydrogen) atoms. The summed E-state index contributed by atoms with van der Waals surface area (Å²) in [4.78, 5) is 16.5. The molecule has 0 fully saturated rings. The van der Waals surface area contributed by atoms with Gasteiger partial charge in [0.2, 0.25) is 0 Å². The first-order valence-electron chi connectivity index (χ1n) is 8.14. The SMILES string of the molecule is Cc1cccc(/C=N\NC(=O)[C@H](C)Nc2ccc3ccccc3c2)n1. The minimum Gasteiger partial charge on any atom is -0.374 e. The van der Waals surface area contributed by atoms with Crippen molar-refractivity contribution < 1.29 is 4.79 Å². The van der Waals surface area contributed by atoms with Gasteiger partial charge in [0.05, 0.1) is 11.9 Å². The van der Waals surface area contributed by atoms with Gasteiger partial charge >= 0.3 is 0 Å². The summed E-state index contributed by atoms with van der Waals surface area (Å²) in [5.41, 5.74) is 5.04. The Morgan fingerprint density at radius 3 is 2.68 bits per heavy atom. The van der Waals surface area contributed by atoms with Crippen LogP contribution >= 0.6 is 0 Å². The predicted molar refractivity (Wildman–Crippen MR) is 102 cm³/mol. The third kappa shape index (κ3) is 4.41. The topological polar surface area (TPSA) is 66.4 Å². The molecule has 1 atom stereocenters. The van der Waals surface area contributed by atoms with Gasteiger partial charge in [-0.1, -0.05) is 36.4 Å². The molecule has 3 aromatic rings. The Hall–Kier alpha value is -3.21. The molecule has 1 aromatic heterocycles. The standard InChI is InChI=1S/C20H20N4O/c1-14-6-5-9-19(22-14)13-21-24-20(25)15(2)23-18-11-10-16-7-3-4-8-17(16)12-18/h3-13,15,23H,1-2H3,(H,24,25)/b21-13-/t15-/m0/s1. The number of fused-ring (bicyclic) bond motifs is 1. The molecule has 0 unspecified atom stereocenters. The normalized spacial score (nSPS) is 12.2. The van der Waals surface area contributed by atoms with Crippen LogP contribution in [0, 0.1) is 6.92 Å². The Labute approximate surface area is 146 Å². The summed E-state index contributed by atoms with van der Waals surface area (Å²) in [6.07, 6.45) is 1.54. The second kappa shape index (κ2) is 7.57. The molecule has 0 spiro atoms. The molecule has 2 N–H and O–H groups in total. The molecule has 3 rings (SSSR count). The van der Waals surface area contributed by atoms with E-state index >= 15 is 0 Å². The molecular formula is C20H20N4O. The molecule has 126 valence electrons. The third-order valence-electron chi connectivity index (χ3n) is 3.81. The zero-order valence-corrected chi connectivity index (χ0v) is 14.2. The monoisotopic (exact) mass is 332 g/mol. The van der Waals surface area contributed by atoms with E-state index in [4.69, 9.17) is 0 Å². The van der Waals surface area contributed by atoms with E-state index in [2.05, 4.69) is 26.9 Å². The first kappa shape index (κ1) is 16.6. The number of benzene rings is 2. The molecule has 0 saturated heterocycles. The Bertz CT molecular complexity index is 920. The van der Waals surface area contributed by atoms with Crippen molar-refractivity contribution in [3.05, 3.63) is 72.1 Å². The van der Waals surface area contributed by atoms with Gasteiger partial charge in [-0.3, -0.25) is 9.78 Å². The van der Waals surface area contributed by atoms with Gasteiger partial charge in [0, 0.05) is 11.4 Å². The summed E-state index contributed by atoms with van der Waals surface area (Å²) in [6, 6.07) is 19.4. The number of nitrogens with zero attached hydrogens (tertiary/aromatic N) is 2. The van der Waals surface area contributed by atoms with Crippen LogP contribution in [0.1, 0.15) is 18.3 Å². The van der Waals surface area contributed by atoms with Crippen LogP contribution in [0.2, 0.25) is 0 Å². The van der Waals surface area contributed by atoms with Gasteiger partial charge in [-0.15, -0.1) is 0 Å². The summed E-state index contributed by atoms with van der Waals surface area (Å²) >= 11 is 0. The van der Waals surface area contributed by atoms with Crippen molar-refractivity contribution in [3.63, 3.8) is 0 Å². The number of hydrazone groups is 1. The molecule has 5 nitrogen and oxygen atoms in total. The zero-order chi connectivity index (χ0) is 17.6. The number of aromatic nitrogens is 1. The van der Waals surface area contributed by atoms with E-state index in [0.717, 1.165) is 16.8 Å². The molecule has 0 radical (unpaired) electrons. The number of rotatable bonds is 5. The zero-order valence-electron chi connectivity index (χ0n) is 14.2. The maximum absolute atomic E-state index is 12.2. The number of carbonyl (C=O) groups is 1. The van der Waals surface area contributed by atoms with Crippen molar-refractivity contribution in [2.45, 2.75) is 19.9 Å². The number of pyridine rings is 1. The van der Waals surface area contributed by atoms with Crippen molar-refractivity contribution in [3.8, 4) is 0 Å². The lowest BCUT2D eigenvalue weighted by molar-refractivity contribution is -0.121. The van der Waals surface area contributed by atoms with Crippen LogP contribution < -0.4 is 10.7 Å². The van der Waals surface area contributed by atoms with E-state index in [0.29, 0.717) is 5.69 Å². The number of nitrogens with one attached hydrogen (secondary N) is 2. The van der Waals surface area contributed by atoms with Gasteiger partial charge in [-0.05, 0) is 48.9 Å². The van der Waals surface area contributed by atoms with E-state index in [9.17, 15) is 4.79 Å². The Morgan fingerprint density at radius 2 is 1.88 bits per heavy atom. The van der Waals surface area contributed by atoms with Gasteiger partial charge in [0.1, 0.15) is 6.04 Å². The quantitative estimate of drug-likeness (QED) is 0.555. The number of aryl methyl sites for hydroxylation is 1. The molecular weight excluding hydrogens is 312 g/mol. The number of amides is 1. The van der Waals surface area contributed by atoms with Crippen molar-refractivity contribution in [2.24, 2.45) is 5.10 Å². The van der Waals surface area contributed by atoms with Gasteiger partial charge in [0.25, 0.3) is 5.91 Å². The lowest BCUT2D eigenvalue weighted by Crippen LogP contribution is -2.34. The first-order valence-corrected chi connectivity index (χ1v) is 8.14. The second-order valence-electron chi connectivity index (χ2n) is 5.87. The molecule has 0 saturated carbocycles. The number of hydrogen-bond acceptors (Lipinski definition) is 4. The highest BCUT2D eigenvalue weighted by atomic mass is 16.2. The third-order valence-corrected chi connectivity index (χ3v) is 3.81. The minimum atomic E-state index is -0.413. The van der Waals surface area contributed by atoms with Crippen molar-refractivity contribution in [1.29, 1.82) is 0 Å². The number of hydrogen-bond donors (Lipinski definition) is 2. The molecule has 0 bridgehead atoms. The Balaban J connectivity index is 1.59. The van der Waals surface area contributed by atoms with Gasteiger partial charge in [-0.2, -0.15) is 5.10 Å². The summed E-state index contributed by atoms with van der Waals surface area (Å²) in [6.45, 7) is 3.70. The highest BCUT2D eigenvalue weighted by molar-refractivity contribution is 5.88. The molecule has 1 heterocycles. The van der Waals surface area contributed by atoms with Crippen LogP contribution in [0.25, 0.3) is 10.8 Å². The molecule has 1 amide bonds. The second-order valence-corrected chi connectivity index (χ2v) is 5.87. The fourth-order valence-electron chi connectivity index (χ4n) is 2.49. The summed E-state index contributed by atoms with van der Waals surface area (Å²) in [5.74, 6) is -0.211. The highest BCUT2D eigenvalue weighted by Crippen LogP contribution is 2.19. The van der Waals surface area contributed by atoms with Crippen LogP contribution in [0.4, 0.5) is 5.69 Å². The lowest BCUT2D eigenvalue weighted by Gasteiger charge is -2.14. The fraction of sp³-hybridized carbons (Fsp3) is 0.150.